The molecule has 0 aliphatic carbocycles. The lowest BCUT2D eigenvalue weighted by atomic mass is 9.81. The molecule has 0 saturated carbocycles. The molecule has 0 radical (unpaired) electrons. The maximum Gasteiger partial charge on any atom is 0.308 e. The van der Waals surface area contributed by atoms with E-state index < -0.39 is 153 Å². The standard InChI is InChI=1S/C54H87N3O18/c1-33-20-17-15-13-11-9-7-8-10-12-14-16-18-21-40(74-53-51(69)48(50(68)36(4)73-53)56-45(65)32-55-5)29-44-47(52(70)57(6)24-19-25-58)43(64)31-54(71,75-44)30-39(61)27-42(63)41(62)23-22-37(59)26-38(60)28-46(66)72-35(3)34(2)49(33)67/h7-18,20-21,33-44,47-51,53,55,58-64,67-69,71H,19,22-32H2,1-6H3,(H,56,65)/b8-7-,11-9-,12-10-,15-13-,16-14-,20-17-,21-18+/t33-,34-,35-,36+,37+,38+,39-,40-,41+,42+,43-,44-,47+,48-,49+,50+,51-,53-,54+/m0/s1. The third-order valence-corrected chi connectivity index (χ3v) is 13.7. The number of ether oxygens (including phenoxy) is 4. The Labute approximate surface area is 441 Å². The first-order valence-corrected chi connectivity index (χ1v) is 26.0. The molecule has 2 amide bonds. The minimum absolute atomic E-state index is 0.104. The molecular formula is C54H87N3O18. The highest BCUT2D eigenvalue weighted by Crippen LogP contribution is 2.39. The molecule has 21 heteroatoms. The number of fused-ring (bicyclic) bond motifs is 2. The Balaban J connectivity index is 2.00. The zero-order valence-corrected chi connectivity index (χ0v) is 44.2. The van der Waals surface area contributed by atoms with Gasteiger partial charge in [0.1, 0.15) is 18.3 Å². The first kappa shape index (κ1) is 65.3. The molecule has 426 valence electrons. The third kappa shape index (κ3) is 22.5. The molecule has 2 bridgehead atoms. The summed E-state index contributed by atoms with van der Waals surface area (Å²) < 4.78 is 24.0. The van der Waals surface area contributed by atoms with E-state index in [-0.39, 0.29) is 57.7 Å². The number of carbonyl (C=O) groups excluding carboxylic acids is 3. The number of rotatable bonds is 9. The number of aliphatic hydroxyl groups excluding tert-OH is 10. The second-order valence-electron chi connectivity index (χ2n) is 20.1. The van der Waals surface area contributed by atoms with Gasteiger partial charge in [0, 0.05) is 57.7 Å². The lowest BCUT2D eigenvalue weighted by Crippen LogP contribution is -2.64. The molecule has 3 aliphatic heterocycles. The molecule has 75 heavy (non-hydrogen) atoms. The van der Waals surface area contributed by atoms with E-state index in [1.165, 1.54) is 18.9 Å². The Bertz CT molecular complexity index is 1930. The van der Waals surface area contributed by atoms with Crippen LogP contribution in [0.2, 0.25) is 0 Å². The second-order valence-corrected chi connectivity index (χ2v) is 20.1. The van der Waals surface area contributed by atoms with E-state index in [0.29, 0.717) is 0 Å². The van der Waals surface area contributed by atoms with Gasteiger partial charge >= 0.3 is 5.97 Å². The summed E-state index contributed by atoms with van der Waals surface area (Å²) in [6, 6.07) is -1.23. The molecule has 3 rings (SSSR count). The molecule has 0 aromatic rings. The van der Waals surface area contributed by atoms with E-state index in [9.17, 15) is 70.6 Å². The van der Waals surface area contributed by atoms with Crippen LogP contribution in [0.1, 0.15) is 85.5 Å². The van der Waals surface area contributed by atoms with Crippen molar-refractivity contribution in [3.05, 3.63) is 85.1 Å². The number of esters is 1. The van der Waals surface area contributed by atoms with Crippen LogP contribution in [0.5, 0.6) is 0 Å². The monoisotopic (exact) mass is 1070 g/mol. The molecule has 3 heterocycles. The Kier molecular flexibility index (Phi) is 29.0. The molecule has 2 fully saturated rings. The number of likely N-dealkylation sites (N-methyl/N-ethyl adjacent to an activating group) is 1. The summed E-state index contributed by atoms with van der Waals surface area (Å²) in [6.45, 7) is 6.50. The molecule has 2 saturated heterocycles. The van der Waals surface area contributed by atoms with E-state index in [2.05, 4.69) is 10.6 Å². The summed E-state index contributed by atoms with van der Waals surface area (Å²) >= 11 is 0. The fourth-order valence-corrected chi connectivity index (χ4v) is 9.18. The van der Waals surface area contributed by atoms with Gasteiger partial charge < -0.3 is 90.7 Å². The van der Waals surface area contributed by atoms with Crippen molar-refractivity contribution in [2.24, 2.45) is 17.8 Å². The second kappa shape index (κ2) is 33.3. The maximum absolute atomic E-state index is 14.1. The van der Waals surface area contributed by atoms with Crippen molar-refractivity contribution >= 4 is 17.8 Å². The van der Waals surface area contributed by atoms with Crippen molar-refractivity contribution < 1.29 is 89.5 Å². The Morgan fingerprint density at radius 2 is 1.32 bits per heavy atom. The molecule has 0 unspecified atom stereocenters. The fraction of sp³-hybridized carbons (Fsp3) is 0.685. The predicted molar refractivity (Wildman–Crippen MR) is 277 cm³/mol. The number of nitrogens with one attached hydrogen (secondary N) is 2. The topological polar surface area (TPSA) is 338 Å². The van der Waals surface area contributed by atoms with Gasteiger partial charge in [0.15, 0.2) is 12.1 Å². The minimum atomic E-state index is -2.33. The molecule has 21 nitrogen and oxygen atoms in total. The van der Waals surface area contributed by atoms with Crippen molar-refractivity contribution in [1.82, 2.24) is 15.5 Å². The highest BCUT2D eigenvalue weighted by atomic mass is 16.7. The minimum Gasteiger partial charge on any atom is -0.462 e. The zero-order chi connectivity index (χ0) is 55.8. The van der Waals surface area contributed by atoms with Gasteiger partial charge in [-0.2, -0.15) is 0 Å². The van der Waals surface area contributed by atoms with Crippen LogP contribution in [0.25, 0.3) is 0 Å². The van der Waals surface area contributed by atoms with E-state index >= 15 is 0 Å². The molecule has 0 spiro atoms. The van der Waals surface area contributed by atoms with Crippen molar-refractivity contribution in [3.63, 3.8) is 0 Å². The largest absolute Gasteiger partial charge is 0.462 e. The van der Waals surface area contributed by atoms with Crippen molar-refractivity contribution in [2.75, 3.05) is 33.8 Å². The van der Waals surface area contributed by atoms with Gasteiger partial charge in [0.2, 0.25) is 11.8 Å². The quantitative estimate of drug-likeness (QED) is 0.134. The van der Waals surface area contributed by atoms with Crippen LogP contribution >= 0.6 is 0 Å². The Hall–Kier alpha value is -4.01. The molecule has 13 N–H and O–H groups in total. The lowest BCUT2D eigenvalue weighted by Gasteiger charge is -2.46. The molecule has 3 aliphatic rings. The van der Waals surface area contributed by atoms with Crippen molar-refractivity contribution in [3.8, 4) is 0 Å². The van der Waals surface area contributed by atoms with Crippen LogP contribution in [0, 0.1) is 17.8 Å². The summed E-state index contributed by atoms with van der Waals surface area (Å²) in [5.41, 5.74) is 0. The molecular weight excluding hydrogens is 979 g/mol. The van der Waals surface area contributed by atoms with Crippen LogP contribution < -0.4 is 10.6 Å². The molecule has 0 aromatic heterocycles. The fourth-order valence-electron chi connectivity index (χ4n) is 9.18. The van der Waals surface area contributed by atoms with Gasteiger partial charge in [-0.3, -0.25) is 14.4 Å². The summed E-state index contributed by atoms with van der Waals surface area (Å²) in [7, 11) is 3.03. The Morgan fingerprint density at radius 3 is 1.92 bits per heavy atom. The summed E-state index contributed by atoms with van der Waals surface area (Å²) in [4.78, 5) is 40.7. The smallest absolute Gasteiger partial charge is 0.308 e. The zero-order valence-electron chi connectivity index (χ0n) is 44.2. The number of nitrogens with zero attached hydrogens (tertiary/aromatic N) is 1. The highest BCUT2D eigenvalue weighted by molar-refractivity contribution is 5.80. The van der Waals surface area contributed by atoms with Gasteiger partial charge in [0.25, 0.3) is 0 Å². The number of hydrogen-bond donors (Lipinski definition) is 13. The average molecular weight is 1070 g/mol. The van der Waals surface area contributed by atoms with Crippen molar-refractivity contribution in [1.29, 1.82) is 0 Å². The number of amides is 2. The van der Waals surface area contributed by atoms with Gasteiger partial charge in [-0.05, 0) is 46.6 Å². The maximum atomic E-state index is 14.1. The lowest BCUT2D eigenvalue weighted by molar-refractivity contribution is -0.308. The third-order valence-electron chi connectivity index (χ3n) is 13.7. The first-order chi connectivity index (χ1) is 35.5. The molecule has 19 atom stereocenters. The van der Waals surface area contributed by atoms with Crippen LogP contribution in [0.4, 0.5) is 0 Å². The van der Waals surface area contributed by atoms with E-state index in [1.807, 2.05) is 25.2 Å². The summed E-state index contributed by atoms with van der Waals surface area (Å²) in [5, 5.41) is 126. The first-order valence-electron chi connectivity index (χ1n) is 26.0. The van der Waals surface area contributed by atoms with Crippen molar-refractivity contribution in [2.45, 2.75) is 183 Å². The van der Waals surface area contributed by atoms with Crippen LogP contribution in [0.3, 0.4) is 0 Å². The van der Waals surface area contributed by atoms with Gasteiger partial charge in [-0.25, -0.2) is 0 Å². The van der Waals surface area contributed by atoms with E-state index in [0.717, 1.165) is 0 Å². The summed E-state index contributed by atoms with van der Waals surface area (Å²) in [5.74, 6) is -6.29. The van der Waals surface area contributed by atoms with Crippen LogP contribution in [0.15, 0.2) is 85.1 Å². The van der Waals surface area contributed by atoms with E-state index in [4.69, 9.17) is 18.9 Å². The SMILES string of the molecule is CNCC(=O)N[C@@H]1[C@H](O)[C@H](O[C@H]2/C=C/C=C\C=C/C=C\C=C/C=C\C=C/[C@H](C)[C@@H](O)[C@@H](C)[C@H](C)OC(=O)C[C@H](O)C[C@H](O)CC[C@@H](O)[C@H](O)C[C@H](O)C[C@]3(O)C[C@H](O)[C@@H](C(=O)N(C)CCCO)[C@H](C2)O3)O[C@H](C)[C@H]1O. The Morgan fingerprint density at radius 1 is 0.720 bits per heavy atom. The normalized spacial score (nSPS) is 40.9. The van der Waals surface area contributed by atoms with Gasteiger partial charge in [0.05, 0.1) is 86.0 Å². The van der Waals surface area contributed by atoms with Gasteiger partial charge in [-0.1, -0.05) is 98.9 Å². The average Bonchev–Trinajstić information content (AvgIpc) is 3.33. The number of cyclic esters (lactones) is 1. The predicted octanol–water partition coefficient (Wildman–Crippen LogP) is -0.155. The van der Waals surface area contributed by atoms with Crippen LogP contribution in [-0.2, 0) is 33.3 Å². The number of allylic oxidation sites excluding steroid dienone is 12. The van der Waals surface area contributed by atoms with Gasteiger partial charge in [-0.15, -0.1) is 0 Å². The number of aliphatic hydroxyl groups is 11. The number of carbonyl (C=O) groups is 3. The molecule has 0 aromatic carbocycles. The number of hydrogen-bond acceptors (Lipinski definition) is 19. The van der Waals surface area contributed by atoms with E-state index in [1.54, 1.807) is 87.7 Å². The highest BCUT2D eigenvalue weighted by Gasteiger charge is 2.51. The van der Waals surface area contributed by atoms with Crippen LogP contribution in [-0.4, -0.2) is 210 Å². The summed E-state index contributed by atoms with van der Waals surface area (Å²) in [6.07, 6.45) is 3.48.